The molecule has 1 aliphatic rings. The van der Waals surface area contributed by atoms with E-state index in [4.69, 9.17) is 14.2 Å². The van der Waals surface area contributed by atoms with Crippen molar-refractivity contribution in [2.45, 2.75) is 26.1 Å². The van der Waals surface area contributed by atoms with Crippen LogP contribution in [0.4, 0.5) is 5.69 Å². The third kappa shape index (κ3) is 6.13. The van der Waals surface area contributed by atoms with Crippen molar-refractivity contribution in [1.29, 1.82) is 0 Å². The highest BCUT2D eigenvalue weighted by molar-refractivity contribution is 5.37. The molecule has 1 fully saturated rings. The average molecular weight is 324 g/mol. The third-order valence-corrected chi connectivity index (χ3v) is 3.57. The minimum atomic E-state index is -0.437. The third-order valence-electron chi connectivity index (χ3n) is 3.57. The Labute approximate surface area is 136 Å². The molecule has 2 rings (SSSR count). The van der Waals surface area contributed by atoms with Crippen LogP contribution >= 0.6 is 0 Å². The van der Waals surface area contributed by atoms with Crippen LogP contribution in [0, 0.1) is 10.1 Å². The predicted molar refractivity (Wildman–Crippen MR) is 85.9 cm³/mol. The summed E-state index contributed by atoms with van der Waals surface area (Å²) in [5, 5.41) is 10.7. The number of hydrogen-bond donors (Lipinski definition) is 0. The number of nitro benzene ring substituents is 1. The second kappa shape index (κ2) is 8.81. The fourth-order valence-electron chi connectivity index (χ4n) is 2.67. The van der Waals surface area contributed by atoms with E-state index in [9.17, 15) is 10.1 Å². The van der Waals surface area contributed by atoms with Crippen LogP contribution in [0.25, 0.3) is 0 Å². The van der Waals surface area contributed by atoms with Crippen molar-refractivity contribution in [2.24, 2.45) is 0 Å². The van der Waals surface area contributed by atoms with E-state index in [1.807, 2.05) is 0 Å². The Morgan fingerprint density at radius 3 is 2.70 bits per heavy atom. The van der Waals surface area contributed by atoms with Crippen LogP contribution in [0.5, 0.6) is 5.75 Å². The van der Waals surface area contributed by atoms with Crippen LogP contribution in [0.1, 0.15) is 13.8 Å². The summed E-state index contributed by atoms with van der Waals surface area (Å²) in [6, 6.07) is 6.16. The molecule has 0 aromatic heterocycles. The van der Waals surface area contributed by atoms with Crippen molar-refractivity contribution in [3.63, 3.8) is 0 Å². The van der Waals surface area contributed by atoms with Crippen molar-refractivity contribution in [2.75, 3.05) is 39.5 Å². The number of nitrogens with zero attached hydrogens (tertiary/aromatic N) is 2. The lowest BCUT2D eigenvalue weighted by Crippen LogP contribution is -2.46. The SMILES string of the molecule is C[C@@H]1CN(CCOCCOc2cccc([N+](=O)[O-])c2)C[C@@H](C)O1. The molecule has 0 unspecified atom stereocenters. The maximum Gasteiger partial charge on any atom is 0.273 e. The molecule has 0 aliphatic carbocycles. The molecule has 0 amide bonds. The van der Waals surface area contributed by atoms with E-state index in [2.05, 4.69) is 18.7 Å². The summed E-state index contributed by atoms with van der Waals surface area (Å²) in [5.41, 5.74) is 0.0268. The van der Waals surface area contributed by atoms with Gasteiger partial charge in [-0.2, -0.15) is 0 Å². The van der Waals surface area contributed by atoms with Crippen molar-refractivity contribution in [1.82, 2.24) is 4.90 Å². The van der Waals surface area contributed by atoms with Crippen LogP contribution in [-0.4, -0.2) is 61.5 Å². The molecule has 0 spiro atoms. The first-order valence-electron chi connectivity index (χ1n) is 7.87. The zero-order chi connectivity index (χ0) is 16.7. The van der Waals surface area contributed by atoms with Crippen LogP contribution in [0.3, 0.4) is 0 Å². The lowest BCUT2D eigenvalue weighted by molar-refractivity contribution is -0.384. The average Bonchev–Trinajstić information content (AvgIpc) is 2.50. The molecule has 7 nitrogen and oxygen atoms in total. The highest BCUT2D eigenvalue weighted by atomic mass is 16.6. The molecule has 2 atom stereocenters. The number of nitro groups is 1. The fraction of sp³-hybridized carbons (Fsp3) is 0.625. The molecule has 1 aliphatic heterocycles. The molecule has 1 aromatic carbocycles. The smallest absolute Gasteiger partial charge is 0.273 e. The van der Waals surface area contributed by atoms with Gasteiger partial charge in [-0.1, -0.05) is 6.07 Å². The van der Waals surface area contributed by atoms with Gasteiger partial charge in [0.15, 0.2) is 0 Å². The van der Waals surface area contributed by atoms with Crippen LogP contribution in [0.15, 0.2) is 24.3 Å². The van der Waals surface area contributed by atoms with Crippen molar-refractivity contribution in [3.05, 3.63) is 34.4 Å². The lowest BCUT2D eigenvalue weighted by atomic mass is 10.2. The molecule has 23 heavy (non-hydrogen) atoms. The van der Waals surface area contributed by atoms with Crippen LogP contribution < -0.4 is 4.74 Å². The monoisotopic (exact) mass is 324 g/mol. The number of ether oxygens (including phenoxy) is 3. The highest BCUT2D eigenvalue weighted by Crippen LogP contribution is 2.18. The Hall–Kier alpha value is -1.70. The Morgan fingerprint density at radius 2 is 2.00 bits per heavy atom. The molecule has 0 bridgehead atoms. The topological polar surface area (TPSA) is 74.1 Å². The standard InChI is InChI=1S/C16H24N2O5/c1-13-11-17(12-14(2)23-13)6-7-21-8-9-22-16-5-3-4-15(10-16)18(19)20/h3-5,10,13-14H,6-9,11-12H2,1-2H3/t13-,14-/m1/s1. The van der Waals surface area contributed by atoms with E-state index in [0.29, 0.717) is 25.6 Å². The molecule has 7 heteroatoms. The maximum atomic E-state index is 10.7. The van der Waals surface area contributed by atoms with E-state index < -0.39 is 4.92 Å². The number of benzene rings is 1. The Balaban J connectivity index is 1.59. The van der Waals surface area contributed by atoms with E-state index >= 15 is 0 Å². The summed E-state index contributed by atoms with van der Waals surface area (Å²) in [6.45, 7) is 8.35. The molecule has 1 aromatic rings. The van der Waals surface area contributed by atoms with Gasteiger partial charge >= 0.3 is 0 Å². The van der Waals surface area contributed by atoms with E-state index in [1.54, 1.807) is 12.1 Å². The van der Waals surface area contributed by atoms with Crippen LogP contribution in [-0.2, 0) is 9.47 Å². The second-order valence-electron chi connectivity index (χ2n) is 5.73. The summed E-state index contributed by atoms with van der Waals surface area (Å²) in [5.74, 6) is 0.485. The normalized spacial score (nSPS) is 22.0. The second-order valence-corrected chi connectivity index (χ2v) is 5.73. The Morgan fingerprint density at radius 1 is 1.26 bits per heavy atom. The lowest BCUT2D eigenvalue weighted by Gasteiger charge is -2.35. The molecule has 0 radical (unpaired) electrons. The zero-order valence-electron chi connectivity index (χ0n) is 13.6. The minimum Gasteiger partial charge on any atom is -0.491 e. The van der Waals surface area contributed by atoms with Crippen molar-refractivity contribution >= 4 is 5.69 Å². The fourth-order valence-corrected chi connectivity index (χ4v) is 2.67. The van der Waals surface area contributed by atoms with Gasteiger partial charge in [0.2, 0.25) is 0 Å². The largest absolute Gasteiger partial charge is 0.491 e. The van der Waals surface area contributed by atoms with Gasteiger partial charge in [0.1, 0.15) is 12.4 Å². The van der Waals surface area contributed by atoms with Gasteiger partial charge in [-0.25, -0.2) is 0 Å². The molecule has 1 saturated heterocycles. The zero-order valence-corrected chi connectivity index (χ0v) is 13.6. The van der Waals surface area contributed by atoms with Gasteiger partial charge in [0.25, 0.3) is 5.69 Å². The summed E-state index contributed by atoms with van der Waals surface area (Å²) < 4.78 is 16.7. The molecular weight excluding hydrogens is 300 g/mol. The maximum absolute atomic E-state index is 10.7. The molecule has 0 saturated carbocycles. The quantitative estimate of drug-likeness (QED) is 0.414. The molecule has 0 N–H and O–H groups in total. The highest BCUT2D eigenvalue weighted by Gasteiger charge is 2.21. The summed E-state index contributed by atoms with van der Waals surface area (Å²) in [4.78, 5) is 12.6. The molecular formula is C16H24N2O5. The molecule has 1 heterocycles. The first-order valence-corrected chi connectivity index (χ1v) is 7.87. The number of hydrogen-bond acceptors (Lipinski definition) is 6. The first kappa shape index (κ1) is 17.7. The van der Waals surface area contributed by atoms with E-state index in [1.165, 1.54) is 12.1 Å². The predicted octanol–water partition coefficient (Wildman–Crippen LogP) is 2.10. The van der Waals surface area contributed by atoms with Gasteiger partial charge < -0.3 is 14.2 Å². The number of rotatable bonds is 8. The summed E-state index contributed by atoms with van der Waals surface area (Å²) in [6.07, 6.45) is 0.520. The van der Waals surface area contributed by atoms with Gasteiger partial charge in [0.05, 0.1) is 36.4 Å². The van der Waals surface area contributed by atoms with E-state index in [-0.39, 0.29) is 17.9 Å². The minimum absolute atomic E-state index is 0.0268. The Kier molecular flexibility index (Phi) is 6.76. The first-order chi connectivity index (χ1) is 11.0. The van der Waals surface area contributed by atoms with Crippen molar-refractivity contribution < 1.29 is 19.1 Å². The summed E-state index contributed by atoms with van der Waals surface area (Å²) >= 11 is 0. The van der Waals surface area contributed by atoms with Gasteiger partial charge in [0, 0.05) is 25.7 Å². The van der Waals surface area contributed by atoms with Crippen LogP contribution in [0.2, 0.25) is 0 Å². The van der Waals surface area contributed by atoms with Crippen molar-refractivity contribution in [3.8, 4) is 5.75 Å². The summed E-state index contributed by atoms with van der Waals surface area (Å²) in [7, 11) is 0. The number of non-ortho nitro benzene ring substituents is 1. The number of morpholine rings is 1. The van der Waals surface area contributed by atoms with Gasteiger partial charge in [-0.3, -0.25) is 15.0 Å². The van der Waals surface area contributed by atoms with E-state index in [0.717, 1.165) is 19.6 Å². The molecule has 128 valence electrons. The Bertz CT molecular complexity index is 501. The van der Waals surface area contributed by atoms with Gasteiger partial charge in [-0.05, 0) is 19.9 Å². The van der Waals surface area contributed by atoms with Gasteiger partial charge in [-0.15, -0.1) is 0 Å².